The van der Waals surface area contributed by atoms with Crippen molar-refractivity contribution >= 4 is 21.8 Å². The van der Waals surface area contributed by atoms with E-state index in [0.29, 0.717) is 12.2 Å². The van der Waals surface area contributed by atoms with Gasteiger partial charge in [-0.05, 0) is 37.6 Å². The highest BCUT2D eigenvalue weighted by Crippen LogP contribution is 2.17. The Morgan fingerprint density at radius 3 is 2.81 bits per heavy atom. The Labute approximate surface area is 104 Å². The average Bonchev–Trinajstić information content (AvgIpc) is 2.22. The molecule has 0 aliphatic carbocycles. The first kappa shape index (κ1) is 13.2. The minimum Gasteiger partial charge on any atom is -0.383 e. The van der Waals surface area contributed by atoms with Crippen molar-refractivity contribution in [3.8, 4) is 0 Å². The molecular formula is C12H16BrNO2. The van der Waals surface area contributed by atoms with Gasteiger partial charge in [0.05, 0.1) is 6.61 Å². The van der Waals surface area contributed by atoms with Gasteiger partial charge in [0, 0.05) is 23.2 Å². The van der Waals surface area contributed by atoms with Crippen LogP contribution in [0.3, 0.4) is 0 Å². The average molecular weight is 286 g/mol. The standard InChI is InChI=1S/C12H16BrNO2/c1-8-6-10(4-5-11(8)13)12(15)14-9(2)7-16-3/h4-6,9H,7H2,1-3H3,(H,14,15). The predicted octanol–water partition coefficient (Wildman–Crippen LogP) is 2.52. The highest BCUT2D eigenvalue weighted by Gasteiger charge is 2.10. The van der Waals surface area contributed by atoms with E-state index in [1.807, 2.05) is 26.0 Å². The zero-order chi connectivity index (χ0) is 12.1. The molecule has 0 aliphatic heterocycles. The van der Waals surface area contributed by atoms with E-state index in [2.05, 4.69) is 21.2 Å². The molecule has 1 N–H and O–H groups in total. The third kappa shape index (κ3) is 3.61. The molecule has 0 radical (unpaired) electrons. The fourth-order valence-corrected chi connectivity index (χ4v) is 1.63. The van der Waals surface area contributed by atoms with Gasteiger partial charge in [0.15, 0.2) is 0 Å². The quantitative estimate of drug-likeness (QED) is 0.923. The second-order valence-electron chi connectivity index (χ2n) is 3.79. The molecule has 0 saturated heterocycles. The van der Waals surface area contributed by atoms with E-state index in [9.17, 15) is 4.79 Å². The van der Waals surface area contributed by atoms with E-state index in [1.54, 1.807) is 13.2 Å². The minimum absolute atomic E-state index is 0.0152. The number of nitrogens with one attached hydrogen (secondary N) is 1. The van der Waals surface area contributed by atoms with Crippen LogP contribution in [0.25, 0.3) is 0 Å². The number of hydrogen-bond acceptors (Lipinski definition) is 2. The Balaban J connectivity index is 2.69. The zero-order valence-corrected chi connectivity index (χ0v) is 11.3. The van der Waals surface area contributed by atoms with Crippen molar-refractivity contribution in [1.29, 1.82) is 0 Å². The number of halogens is 1. The van der Waals surface area contributed by atoms with E-state index in [-0.39, 0.29) is 11.9 Å². The van der Waals surface area contributed by atoms with Gasteiger partial charge in [0.1, 0.15) is 0 Å². The summed E-state index contributed by atoms with van der Waals surface area (Å²) < 4.78 is 5.97. The van der Waals surface area contributed by atoms with E-state index in [1.165, 1.54) is 0 Å². The first-order valence-corrected chi connectivity index (χ1v) is 5.90. The Hall–Kier alpha value is -0.870. The number of carbonyl (C=O) groups excluding carboxylic acids is 1. The van der Waals surface area contributed by atoms with Gasteiger partial charge in [-0.25, -0.2) is 0 Å². The van der Waals surface area contributed by atoms with Crippen molar-refractivity contribution in [3.63, 3.8) is 0 Å². The Morgan fingerprint density at radius 2 is 2.25 bits per heavy atom. The van der Waals surface area contributed by atoms with Crippen molar-refractivity contribution in [3.05, 3.63) is 33.8 Å². The van der Waals surface area contributed by atoms with Crippen LogP contribution >= 0.6 is 15.9 Å². The number of hydrogen-bond donors (Lipinski definition) is 1. The number of amides is 1. The predicted molar refractivity (Wildman–Crippen MR) is 67.7 cm³/mol. The number of ether oxygens (including phenoxy) is 1. The molecule has 88 valence electrons. The Kier molecular flexibility index (Phi) is 4.96. The van der Waals surface area contributed by atoms with Crippen molar-refractivity contribution in [2.45, 2.75) is 19.9 Å². The molecule has 1 aromatic rings. The molecular weight excluding hydrogens is 270 g/mol. The largest absolute Gasteiger partial charge is 0.383 e. The summed E-state index contributed by atoms with van der Waals surface area (Å²) in [5.41, 5.74) is 1.72. The number of aryl methyl sites for hydroxylation is 1. The molecule has 0 saturated carbocycles. The number of methoxy groups -OCH3 is 1. The topological polar surface area (TPSA) is 38.3 Å². The molecule has 0 heterocycles. The third-order valence-corrected chi connectivity index (χ3v) is 3.10. The van der Waals surface area contributed by atoms with Gasteiger partial charge >= 0.3 is 0 Å². The summed E-state index contributed by atoms with van der Waals surface area (Å²) in [7, 11) is 1.62. The van der Waals surface area contributed by atoms with E-state index >= 15 is 0 Å². The first-order chi connectivity index (χ1) is 7.54. The van der Waals surface area contributed by atoms with Gasteiger partial charge in [-0.3, -0.25) is 4.79 Å². The van der Waals surface area contributed by atoms with Gasteiger partial charge < -0.3 is 10.1 Å². The van der Waals surface area contributed by atoms with E-state index < -0.39 is 0 Å². The highest BCUT2D eigenvalue weighted by atomic mass is 79.9. The summed E-state index contributed by atoms with van der Waals surface area (Å²) in [6.07, 6.45) is 0. The molecule has 0 spiro atoms. The van der Waals surface area contributed by atoms with Crippen molar-refractivity contribution in [2.24, 2.45) is 0 Å². The second kappa shape index (κ2) is 6.01. The maximum Gasteiger partial charge on any atom is 0.251 e. The van der Waals surface area contributed by atoms with Gasteiger partial charge in [-0.1, -0.05) is 15.9 Å². The summed E-state index contributed by atoms with van der Waals surface area (Å²) in [4.78, 5) is 11.8. The maximum atomic E-state index is 11.8. The Bertz CT molecular complexity index is 379. The van der Waals surface area contributed by atoms with Crippen molar-refractivity contribution in [1.82, 2.24) is 5.32 Å². The van der Waals surface area contributed by atoms with Crippen LogP contribution in [0, 0.1) is 6.92 Å². The molecule has 1 atom stereocenters. The second-order valence-corrected chi connectivity index (χ2v) is 4.65. The molecule has 1 amide bonds. The lowest BCUT2D eigenvalue weighted by atomic mass is 10.1. The first-order valence-electron chi connectivity index (χ1n) is 5.10. The van der Waals surface area contributed by atoms with Gasteiger partial charge in [0.2, 0.25) is 0 Å². The van der Waals surface area contributed by atoms with Gasteiger partial charge in [0.25, 0.3) is 5.91 Å². The van der Waals surface area contributed by atoms with Gasteiger partial charge in [-0.2, -0.15) is 0 Å². The van der Waals surface area contributed by atoms with E-state index in [0.717, 1.165) is 10.0 Å². The molecule has 16 heavy (non-hydrogen) atoms. The smallest absolute Gasteiger partial charge is 0.251 e. The number of benzene rings is 1. The highest BCUT2D eigenvalue weighted by molar-refractivity contribution is 9.10. The monoisotopic (exact) mass is 285 g/mol. The normalized spacial score (nSPS) is 12.2. The van der Waals surface area contributed by atoms with Gasteiger partial charge in [-0.15, -0.1) is 0 Å². The third-order valence-electron chi connectivity index (χ3n) is 2.21. The van der Waals surface area contributed by atoms with Crippen LogP contribution in [-0.4, -0.2) is 25.7 Å². The summed E-state index contributed by atoms with van der Waals surface area (Å²) in [6.45, 7) is 4.38. The SMILES string of the molecule is COCC(C)NC(=O)c1ccc(Br)c(C)c1. The molecule has 3 nitrogen and oxygen atoms in total. The zero-order valence-electron chi connectivity index (χ0n) is 9.71. The van der Waals surface area contributed by atoms with Crippen LogP contribution in [0.2, 0.25) is 0 Å². The van der Waals surface area contributed by atoms with Crippen LogP contribution in [0.15, 0.2) is 22.7 Å². The maximum absolute atomic E-state index is 11.8. The molecule has 0 aliphatic rings. The Morgan fingerprint density at radius 1 is 1.56 bits per heavy atom. The van der Waals surface area contributed by atoms with Crippen molar-refractivity contribution in [2.75, 3.05) is 13.7 Å². The van der Waals surface area contributed by atoms with Crippen LogP contribution in [0.4, 0.5) is 0 Å². The lowest BCUT2D eigenvalue weighted by Gasteiger charge is -2.13. The molecule has 1 unspecified atom stereocenters. The van der Waals surface area contributed by atoms with Crippen LogP contribution in [0.1, 0.15) is 22.8 Å². The molecule has 4 heteroatoms. The fraction of sp³-hybridized carbons (Fsp3) is 0.417. The molecule has 0 aromatic heterocycles. The summed E-state index contributed by atoms with van der Waals surface area (Å²) >= 11 is 3.40. The molecule has 0 bridgehead atoms. The summed E-state index contributed by atoms with van der Waals surface area (Å²) in [5.74, 6) is -0.0693. The summed E-state index contributed by atoms with van der Waals surface area (Å²) in [6, 6.07) is 5.55. The lowest BCUT2D eigenvalue weighted by molar-refractivity contribution is 0.0905. The van der Waals surface area contributed by atoms with E-state index in [4.69, 9.17) is 4.74 Å². The molecule has 0 fully saturated rings. The molecule has 1 rings (SSSR count). The lowest BCUT2D eigenvalue weighted by Crippen LogP contribution is -2.35. The number of rotatable bonds is 4. The number of carbonyl (C=O) groups is 1. The summed E-state index contributed by atoms with van der Waals surface area (Å²) in [5, 5.41) is 2.86. The minimum atomic E-state index is -0.0693. The molecule has 1 aromatic carbocycles. The van der Waals surface area contributed by atoms with Crippen molar-refractivity contribution < 1.29 is 9.53 Å². The van der Waals surface area contributed by atoms with Crippen LogP contribution < -0.4 is 5.32 Å². The van der Waals surface area contributed by atoms with Crippen LogP contribution in [-0.2, 0) is 4.74 Å². The fourth-order valence-electron chi connectivity index (χ4n) is 1.38. The van der Waals surface area contributed by atoms with Crippen LogP contribution in [0.5, 0.6) is 0 Å².